The van der Waals surface area contributed by atoms with Crippen molar-refractivity contribution in [1.82, 2.24) is 15.1 Å². The summed E-state index contributed by atoms with van der Waals surface area (Å²) in [5.74, 6) is -0.143. The molecular formula is C12H20N4O4S. The smallest absolute Gasteiger partial charge is 0.275 e. The van der Waals surface area contributed by atoms with E-state index in [2.05, 4.69) is 10.2 Å². The first-order valence-corrected chi connectivity index (χ1v) is 8.31. The van der Waals surface area contributed by atoms with Gasteiger partial charge in [-0.05, 0) is 12.8 Å². The predicted octanol–water partition coefficient (Wildman–Crippen LogP) is -0.272. The van der Waals surface area contributed by atoms with Gasteiger partial charge >= 0.3 is 0 Å². The molecule has 1 amide bonds. The summed E-state index contributed by atoms with van der Waals surface area (Å²) in [6.07, 6.45) is 1.23. The van der Waals surface area contributed by atoms with Gasteiger partial charge in [-0.25, -0.2) is 13.6 Å². The molecule has 1 aliphatic rings. The number of methoxy groups -OCH3 is 1. The highest BCUT2D eigenvalue weighted by molar-refractivity contribution is 7.89. The summed E-state index contributed by atoms with van der Waals surface area (Å²) in [5.41, 5.74) is 0.237. The number of carbonyl (C=O) groups excluding carboxylic acids is 1. The lowest BCUT2D eigenvalue weighted by atomic mass is 10.1. The molecular weight excluding hydrogens is 296 g/mol. The van der Waals surface area contributed by atoms with Gasteiger partial charge in [0.1, 0.15) is 4.90 Å². The summed E-state index contributed by atoms with van der Waals surface area (Å²) in [7, 11) is -2.38. The van der Waals surface area contributed by atoms with Gasteiger partial charge in [-0.15, -0.1) is 0 Å². The van der Waals surface area contributed by atoms with Crippen LogP contribution in [0.15, 0.2) is 4.90 Å². The molecule has 118 valence electrons. The van der Waals surface area contributed by atoms with Crippen molar-refractivity contribution < 1.29 is 17.9 Å². The highest BCUT2D eigenvalue weighted by Crippen LogP contribution is 2.23. The Balaban J connectivity index is 2.27. The van der Waals surface area contributed by atoms with E-state index in [-0.39, 0.29) is 16.5 Å². The van der Waals surface area contributed by atoms with Crippen molar-refractivity contribution >= 4 is 15.9 Å². The molecule has 0 aliphatic carbocycles. The van der Waals surface area contributed by atoms with E-state index in [1.165, 1.54) is 0 Å². The number of nitrogens with zero attached hydrogens (tertiary/aromatic N) is 2. The fourth-order valence-corrected chi connectivity index (χ4v) is 3.53. The number of nitrogens with two attached hydrogens (primary N) is 1. The maximum Gasteiger partial charge on any atom is 0.275 e. The maximum absolute atomic E-state index is 12.5. The van der Waals surface area contributed by atoms with Crippen molar-refractivity contribution in [3.05, 3.63) is 11.4 Å². The predicted molar refractivity (Wildman–Crippen MR) is 75.2 cm³/mol. The van der Waals surface area contributed by atoms with Crippen molar-refractivity contribution in [2.45, 2.75) is 24.7 Å². The second-order valence-electron chi connectivity index (χ2n) is 5.14. The van der Waals surface area contributed by atoms with Crippen LogP contribution in [0.4, 0.5) is 0 Å². The largest absolute Gasteiger partial charge is 0.384 e. The zero-order valence-corrected chi connectivity index (χ0v) is 12.9. The summed E-state index contributed by atoms with van der Waals surface area (Å²) in [5, 5.41) is 11.7. The molecule has 0 aromatic carbocycles. The Kier molecular flexibility index (Phi) is 4.64. The van der Waals surface area contributed by atoms with Crippen molar-refractivity contribution in [2.75, 3.05) is 26.8 Å². The Bertz CT molecular complexity index is 625. The molecule has 3 N–H and O–H groups in total. The van der Waals surface area contributed by atoms with E-state index < -0.39 is 15.9 Å². The highest BCUT2D eigenvalue weighted by atomic mass is 32.2. The average Bonchev–Trinajstić information content (AvgIpc) is 3.03. The van der Waals surface area contributed by atoms with E-state index in [9.17, 15) is 13.2 Å². The fourth-order valence-electron chi connectivity index (χ4n) is 2.60. The molecule has 2 heterocycles. The molecule has 21 heavy (non-hydrogen) atoms. The number of rotatable bonds is 5. The van der Waals surface area contributed by atoms with Gasteiger partial charge in [0.2, 0.25) is 10.0 Å². The minimum atomic E-state index is -4.00. The van der Waals surface area contributed by atoms with Crippen molar-refractivity contribution in [3.63, 3.8) is 0 Å². The maximum atomic E-state index is 12.5. The molecule has 0 radical (unpaired) electrons. The molecule has 1 atom stereocenters. The number of primary sulfonamides is 1. The van der Waals surface area contributed by atoms with Gasteiger partial charge in [-0.1, -0.05) is 6.92 Å². The van der Waals surface area contributed by atoms with Crippen LogP contribution in [0.2, 0.25) is 0 Å². The molecule has 0 saturated carbocycles. The summed E-state index contributed by atoms with van der Waals surface area (Å²) in [6, 6.07) is 0. The van der Waals surface area contributed by atoms with E-state index >= 15 is 0 Å². The van der Waals surface area contributed by atoms with Gasteiger partial charge in [0.15, 0.2) is 5.69 Å². The highest BCUT2D eigenvalue weighted by Gasteiger charge is 2.33. The van der Waals surface area contributed by atoms with Crippen LogP contribution < -0.4 is 5.14 Å². The molecule has 1 saturated heterocycles. The Hall–Kier alpha value is -1.45. The summed E-state index contributed by atoms with van der Waals surface area (Å²) >= 11 is 0. The number of aromatic amines is 1. The summed E-state index contributed by atoms with van der Waals surface area (Å²) in [6.45, 7) is 3.43. The SMILES string of the molecule is CCc1[nH]nc(C(=O)N2CCC(COC)C2)c1S(N)(=O)=O. The van der Waals surface area contributed by atoms with Gasteiger partial charge in [0.05, 0.1) is 12.3 Å². The van der Waals surface area contributed by atoms with Crippen molar-refractivity contribution in [2.24, 2.45) is 11.1 Å². The zero-order chi connectivity index (χ0) is 15.6. The second-order valence-corrected chi connectivity index (χ2v) is 6.64. The number of aromatic nitrogens is 2. The van der Waals surface area contributed by atoms with Crippen molar-refractivity contribution in [1.29, 1.82) is 0 Å². The van der Waals surface area contributed by atoms with Gasteiger partial charge in [0.25, 0.3) is 5.91 Å². The first kappa shape index (κ1) is 15.9. The van der Waals surface area contributed by atoms with Crippen LogP contribution in [0.25, 0.3) is 0 Å². The third kappa shape index (κ3) is 3.25. The third-order valence-corrected chi connectivity index (χ3v) is 4.62. The monoisotopic (exact) mass is 316 g/mol. The van der Waals surface area contributed by atoms with E-state index in [0.717, 1.165) is 6.42 Å². The second kappa shape index (κ2) is 6.12. The van der Waals surface area contributed by atoms with Crippen LogP contribution in [0.1, 0.15) is 29.5 Å². The molecule has 8 nitrogen and oxygen atoms in total. The Labute approximate surface area is 123 Å². The number of nitrogens with one attached hydrogen (secondary N) is 1. The van der Waals surface area contributed by atoms with Crippen LogP contribution in [0.3, 0.4) is 0 Å². The van der Waals surface area contributed by atoms with Crippen LogP contribution in [0, 0.1) is 5.92 Å². The molecule has 1 aromatic heterocycles. The van der Waals surface area contributed by atoms with Gasteiger partial charge in [-0.3, -0.25) is 9.89 Å². The molecule has 1 aromatic rings. The minimum absolute atomic E-state index is 0.118. The number of sulfonamides is 1. The minimum Gasteiger partial charge on any atom is -0.384 e. The number of hydrogen-bond donors (Lipinski definition) is 2. The van der Waals surface area contributed by atoms with Crippen LogP contribution >= 0.6 is 0 Å². The van der Waals surface area contributed by atoms with Gasteiger partial charge in [-0.2, -0.15) is 5.10 Å². The molecule has 1 unspecified atom stereocenters. The fraction of sp³-hybridized carbons (Fsp3) is 0.667. The molecule has 1 fully saturated rings. The van der Waals surface area contributed by atoms with Gasteiger partial charge in [0, 0.05) is 26.1 Å². The summed E-state index contributed by atoms with van der Waals surface area (Å²) in [4.78, 5) is 13.9. The van der Waals surface area contributed by atoms with E-state index in [0.29, 0.717) is 31.8 Å². The number of aryl methyl sites for hydroxylation is 1. The Morgan fingerprint density at radius 3 is 2.86 bits per heavy atom. The van der Waals surface area contributed by atoms with E-state index in [1.54, 1.807) is 18.9 Å². The molecule has 9 heteroatoms. The lowest BCUT2D eigenvalue weighted by molar-refractivity contribution is 0.0766. The normalized spacial score (nSPS) is 19.2. The van der Waals surface area contributed by atoms with Crippen molar-refractivity contribution in [3.8, 4) is 0 Å². The number of hydrogen-bond acceptors (Lipinski definition) is 5. The van der Waals surface area contributed by atoms with Crippen LogP contribution in [0.5, 0.6) is 0 Å². The lowest BCUT2D eigenvalue weighted by Gasteiger charge is -2.15. The zero-order valence-electron chi connectivity index (χ0n) is 12.1. The summed E-state index contributed by atoms with van der Waals surface area (Å²) < 4.78 is 28.5. The first-order valence-electron chi connectivity index (χ1n) is 6.76. The molecule has 0 spiro atoms. The third-order valence-electron chi connectivity index (χ3n) is 3.61. The van der Waals surface area contributed by atoms with Crippen LogP contribution in [-0.2, 0) is 21.2 Å². The number of H-pyrrole nitrogens is 1. The topological polar surface area (TPSA) is 118 Å². The van der Waals surface area contributed by atoms with E-state index in [4.69, 9.17) is 9.88 Å². The average molecular weight is 316 g/mol. The number of likely N-dealkylation sites (tertiary alicyclic amines) is 1. The quantitative estimate of drug-likeness (QED) is 0.775. The Morgan fingerprint density at radius 1 is 1.57 bits per heavy atom. The Morgan fingerprint density at radius 2 is 2.29 bits per heavy atom. The number of amides is 1. The molecule has 2 rings (SSSR count). The first-order chi connectivity index (χ1) is 9.88. The number of carbonyl (C=O) groups is 1. The molecule has 1 aliphatic heterocycles. The molecule has 0 bridgehead atoms. The lowest BCUT2D eigenvalue weighted by Crippen LogP contribution is -2.31. The van der Waals surface area contributed by atoms with E-state index in [1.807, 2.05) is 0 Å². The van der Waals surface area contributed by atoms with Gasteiger partial charge < -0.3 is 9.64 Å². The standard InChI is InChI=1S/C12H20N4O4S/c1-3-9-11(21(13,18)19)10(15-14-9)12(17)16-5-4-8(6-16)7-20-2/h8H,3-7H2,1-2H3,(H,14,15)(H2,13,18,19). The van der Waals surface area contributed by atoms with Crippen LogP contribution in [-0.4, -0.2) is 56.2 Å². The number of ether oxygens (including phenoxy) is 1.